The Bertz CT molecular complexity index is 608. The second kappa shape index (κ2) is 6.41. The molecule has 2 aromatic rings. The molecule has 0 aliphatic heterocycles. The normalized spacial score (nSPS) is 10.3. The van der Waals surface area contributed by atoms with E-state index in [2.05, 4.69) is 0 Å². The van der Waals surface area contributed by atoms with Crippen molar-refractivity contribution in [3.05, 3.63) is 53.1 Å². The molecule has 0 amide bonds. The summed E-state index contributed by atoms with van der Waals surface area (Å²) in [5.41, 5.74) is 2.68. The molecule has 0 fully saturated rings. The highest BCUT2D eigenvalue weighted by molar-refractivity contribution is 6.32. The molecular formula is C15H13ClO4. The minimum absolute atomic E-state index is 0.00298. The number of halogens is 1. The summed E-state index contributed by atoms with van der Waals surface area (Å²) in [4.78, 5) is 10.4. The highest BCUT2D eigenvalue weighted by Gasteiger charge is 2.06. The third kappa shape index (κ3) is 3.50. The van der Waals surface area contributed by atoms with Gasteiger partial charge in [-0.3, -0.25) is 0 Å². The number of aliphatic hydroxyl groups is 1. The number of hydrogen-bond donors (Lipinski definition) is 2. The fraction of sp³-hybridized carbons (Fsp3) is 0.133. The van der Waals surface area contributed by atoms with E-state index in [0.717, 1.165) is 16.7 Å². The second-order valence-electron chi connectivity index (χ2n) is 4.18. The molecule has 0 aliphatic rings. The Morgan fingerprint density at radius 3 is 2.30 bits per heavy atom. The molecule has 2 N–H and O–H groups in total. The lowest BCUT2D eigenvalue weighted by atomic mass is 10.0. The van der Waals surface area contributed by atoms with Crippen LogP contribution in [0, 0.1) is 0 Å². The number of hydrogen-bond acceptors (Lipinski definition) is 3. The largest absolute Gasteiger partial charge is 0.480 e. The van der Waals surface area contributed by atoms with E-state index < -0.39 is 12.6 Å². The first-order chi connectivity index (χ1) is 9.60. The average Bonchev–Trinajstić information content (AvgIpc) is 2.46. The fourth-order valence-corrected chi connectivity index (χ4v) is 1.97. The average molecular weight is 293 g/mol. The molecular weight excluding hydrogens is 280 g/mol. The van der Waals surface area contributed by atoms with Gasteiger partial charge in [0.05, 0.1) is 11.6 Å². The Hall–Kier alpha value is -2.04. The van der Waals surface area contributed by atoms with Crippen LogP contribution in [0.15, 0.2) is 42.5 Å². The predicted octanol–water partition coefficient (Wildman–Crippen LogP) is 2.96. The topological polar surface area (TPSA) is 66.8 Å². The Kier molecular flexibility index (Phi) is 4.61. The SMILES string of the molecule is O=C(O)COc1ccc(-c2ccc(CO)cc2)cc1Cl. The Morgan fingerprint density at radius 2 is 1.75 bits per heavy atom. The maximum absolute atomic E-state index is 10.4. The van der Waals surface area contributed by atoms with E-state index in [-0.39, 0.29) is 6.61 Å². The van der Waals surface area contributed by atoms with Crippen LogP contribution in [0.4, 0.5) is 0 Å². The standard InChI is InChI=1S/C15H13ClO4/c16-13-7-12(5-6-14(13)20-9-15(18)19)11-3-1-10(8-17)2-4-11/h1-7,17H,8-9H2,(H,18,19). The van der Waals surface area contributed by atoms with Crippen LogP contribution < -0.4 is 4.74 Å². The summed E-state index contributed by atoms with van der Waals surface area (Å²) < 4.78 is 5.06. The molecule has 0 aromatic heterocycles. The molecule has 0 atom stereocenters. The number of aliphatic carboxylic acids is 1. The molecule has 0 heterocycles. The minimum Gasteiger partial charge on any atom is -0.480 e. The highest BCUT2D eigenvalue weighted by atomic mass is 35.5. The van der Waals surface area contributed by atoms with E-state index >= 15 is 0 Å². The number of rotatable bonds is 5. The van der Waals surface area contributed by atoms with Gasteiger partial charge in [0.2, 0.25) is 0 Å². The molecule has 0 spiro atoms. The summed E-state index contributed by atoms with van der Waals surface area (Å²) in [6.07, 6.45) is 0. The summed E-state index contributed by atoms with van der Waals surface area (Å²) >= 11 is 6.06. The van der Waals surface area contributed by atoms with Gasteiger partial charge >= 0.3 is 5.97 Å². The Balaban J connectivity index is 2.21. The fourth-order valence-electron chi connectivity index (χ4n) is 1.74. The van der Waals surface area contributed by atoms with Gasteiger partial charge < -0.3 is 14.9 Å². The summed E-state index contributed by atoms with van der Waals surface area (Å²) in [5.74, 6) is -0.713. The summed E-state index contributed by atoms with van der Waals surface area (Å²) in [6, 6.07) is 12.6. The van der Waals surface area contributed by atoms with Crippen molar-refractivity contribution in [3.8, 4) is 16.9 Å². The van der Waals surface area contributed by atoms with Crippen molar-refractivity contribution in [2.75, 3.05) is 6.61 Å². The number of carboxylic acid groups (broad SMARTS) is 1. The molecule has 2 rings (SSSR count). The van der Waals surface area contributed by atoms with Crippen molar-refractivity contribution in [1.29, 1.82) is 0 Å². The second-order valence-corrected chi connectivity index (χ2v) is 4.59. The monoisotopic (exact) mass is 292 g/mol. The van der Waals surface area contributed by atoms with Crippen LogP contribution in [0.2, 0.25) is 5.02 Å². The van der Waals surface area contributed by atoms with Crippen LogP contribution in [0.1, 0.15) is 5.56 Å². The van der Waals surface area contributed by atoms with Gasteiger partial charge in [0.1, 0.15) is 5.75 Å². The van der Waals surface area contributed by atoms with Gasteiger partial charge in [-0.1, -0.05) is 41.9 Å². The van der Waals surface area contributed by atoms with Crippen molar-refractivity contribution < 1.29 is 19.7 Å². The van der Waals surface area contributed by atoms with Crippen molar-refractivity contribution in [1.82, 2.24) is 0 Å². The van der Waals surface area contributed by atoms with E-state index in [0.29, 0.717) is 10.8 Å². The van der Waals surface area contributed by atoms with Crippen LogP contribution in [-0.4, -0.2) is 22.8 Å². The van der Waals surface area contributed by atoms with Crippen molar-refractivity contribution in [2.24, 2.45) is 0 Å². The van der Waals surface area contributed by atoms with Gasteiger partial charge in [0.25, 0.3) is 0 Å². The maximum Gasteiger partial charge on any atom is 0.341 e. The Morgan fingerprint density at radius 1 is 1.10 bits per heavy atom. The number of ether oxygens (including phenoxy) is 1. The molecule has 0 unspecified atom stereocenters. The lowest BCUT2D eigenvalue weighted by Crippen LogP contribution is -2.09. The molecule has 0 radical (unpaired) electrons. The third-order valence-corrected chi connectivity index (χ3v) is 3.05. The molecule has 0 saturated carbocycles. The lowest BCUT2D eigenvalue weighted by molar-refractivity contribution is -0.139. The number of carbonyl (C=O) groups is 1. The van der Waals surface area contributed by atoms with Crippen molar-refractivity contribution in [2.45, 2.75) is 6.61 Å². The predicted molar refractivity (Wildman–Crippen MR) is 75.9 cm³/mol. The van der Waals surface area contributed by atoms with Crippen LogP contribution in [-0.2, 0) is 11.4 Å². The molecule has 20 heavy (non-hydrogen) atoms. The van der Waals surface area contributed by atoms with Gasteiger partial charge in [-0.05, 0) is 28.8 Å². The van der Waals surface area contributed by atoms with Gasteiger partial charge in [0.15, 0.2) is 6.61 Å². The van der Waals surface area contributed by atoms with Crippen LogP contribution in [0.3, 0.4) is 0 Å². The van der Waals surface area contributed by atoms with Gasteiger partial charge in [-0.2, -0.15) is 0 Å². The maximum atomic E-state index is 10.4. The summed E-state index contributed by atoms with van der Waals surface area (Å²) in [6.45, 7) is -0.423. The quantitative estimate of drug-likeness (QED) is 0.889. The van der Waals surface area contributed by atoms with Crippen LogP contribution in [0.5, 0.6) is 5.75 Å². The summed E-state index contributed by atoms with van der Waals surface area (Å²) in [5, 5.41) is 17.9. The van der Waals surface area contributed by atoms with E-state index in [4.69, 9.17) is 26.6 Å². The van der Waals surface area contributed by atoms with E-state index in [1.807, 2.05) is 24.3 Å². The highest BCUT2D eigenvalue weighted by Crippen LogP contribution is 2.30. The summed E-state index contributed by atoms with van der Waals surface area (Å²) in [7, 11) is 0. The first-order valence-electron chi connectivity index (χ1n) is 5.94. The minimum atomic E-state index is -1.05. The lowest BCUT2D eigenvalue weighted by Gasteiger charge is -2.08. The van der Waals surface area contributed by atoms with Gasteiger partial charge in [-0.15, -0.1) is 0 Å². The molecule has 5 heteroatoms. The molecule has 0 aliphatic carbocycles. The zero-order valence-electron chi connectivity index (χ0n) is 10.5. The molecule has 4 nitrogen and oxygen atoms in total. The molecule has 104 valence electrons. The van der Waals surface area contributed by atoms with Gasteiger partial charge in [0, 0.05) is 0 Å². The van der Waals surface area contributed by atoms with Crippen LogP contribution >= 0.6 is 11.6 Å². The van der Waals surface area contributed by atoms with Crippen molar-refractivity contribution >= 4 is 17.6 Å². The molecule has 2 aromatic carbocycles. The van der Waals surface area contributed by atoms with E-state index in [9.17, 15) is 4.79 Å². The Labute approximate surface area is 121 Å². The zero-order chi connectivity index (χ0) is 14.5. The third-order valence-electron chi connectivity index (χ3n) is 2.75. The number of aliphatic hydroxyl groups excluding tert-OH is 1. The van der Waals surface area contributed by atoms with Crippen molar-refractivity contribution in [3.63, 3.8) is 0 Å². The van der Waals surface area contributed by atoms with E-state index in [1.54, 1.807) is 18.2 Å². The number of carboxylic acids is 1. The smallest absolute Gasteiger partial charge is 0.341 e. The van der Waals surface area contributed by atoms with E-state index in [1.165, 1.54) is 0 Å². The molecule has 0 saturated heterocycles. The number of benzene rings is 2. The van der Waals surface area contributed by atoms with Crippen LogP contribution in [0.25, 0.3) is 11.1 Å². The van der Waals surface area contributed by atoms with Gasteiger partial charge in [-0.25, -0.2) is 4.79 Å². The zero-order valence-corrected chi connectivity index (χ0v) is 11.3. The molecule has 0 bridgehead atoms. The first-order valence-corrected chi connectivity index (χ1v) is 6.32. The first kappa shape index (κ1) is 14.4.